The molecule has 1 heterocycles. The summed E-state index contributed by atoms with van der Waals surface area (Å²) >= 11 is 5.73. The molecule has 0 fully saturated rings. The number of nitrogens with one attached hydrogen (secondary N) is 1. The van der Waals surface area contributed by atoms with E-state index in [1.165, 1.54) is 20.2 Å². The molecule has 4 nitrogen and oxygen atoms in total. The highest BCUT2D eigenvalue weighted by molar-refractivity contribution is 6.32. The molecule has 0 radical (unpaired) electrons. The van der Waals surface area contributed by atoms with Gasteiger partial charge in [-0.25, -0.2) is 4.98 Å². The first kappa shape index (κ1) is 9.80. The van der Waals surface area contributed by atoms with Crippen LogP contribution >= 0.6 is 11.6 Å². The molecule has 0 saturated carbocycles. The third-order valence-corrected chi connectivity index (χ3v) is 1.63. The first-order valence-electron chi connectivity index (χ1n) is 3.60. The van der Waals surface area contributed by atoms with E-state index in [9.17, 15) is 4.79 Å². The Labute approximate surface area is 80.9 Å². The molecule has 1 rings (SSSR count). The Morgan fingerprint density at radius 1 is 1.69 bits per heavy atom. The molecule has 1 aromatic heterocycles. The first-order valence-corrected chi connectivity index (χ1v) is 3.98. The standard InChI is InChI=1S/C8H9ClN2O2/c1-5(12)11-8-3-7(13-2)6(9)4-10-8/h3-4H,1-2H3,(H,10,11,12). The summed E-state index contributed by atoms with van der Waals surface area (Å²) in [4.78, 5) is 14.6. The minimum Gasteiger partial charge on any atom is -0.495 e. The van der Waals surface area contributed by atoms with Crippen LogP contribution in [-0.2, 0) is 4.79 Å². The Kier molecular flexibility index (Phi) is 3.08. The van der Waals surface area contributed by atoms with Crippen molar-refractivity contribution in [2.24, 2.45) is 0 Å². The van der Waals surface area contributed by atoms with E-state index < -0.39 is 0 Å². The van der Waals surface area contributed by atoms with Crippen LogP contribution in [-0.4, -0.2) is 18.0 Å². The Balaban J connectivity index is 2.92. The van der Waals surface area contributed by atoms with Crippen LogP contribution in [0.1, 0.15) is 6.92 Å². The van der Waals surface area contributed by atoms with Crippen molar-refractivity contribution in [1.82, 2.24) is 4.98 Å². The maximum atomic E-state index is 10.7. The number of methoxy groups -OCH3 is 1. The zero-order valence-corrected chi connectivity index (χ0v) is 8.05. The van der Waals surface area contributed by atoms with E-state index in [1.807, 2.05) is 0 Å². The number of hydrogen-bond acceptors (Lipinski definition) is 3. The minimum absolute atomic E-state index is 0.183. The van der Waals surface area contributed by atoms with Crippen LogP contribution in [0.2, 0.25) is 5.02 Å². The predicted octanol–water partition coefficient (Wildman–Crippen LogP) is 1.70. The van der Waals surface area contributed by atoms with Crippen molar-refractivity contribution in [1.29, 1.82) is 0 Å². The summed E-state index contributed by atoms with van der Waals surface area (Å²) in [6.45, 7) is 1.41. The topological polar surface area (TPSA) is 51.2 Å². The molecule has 5 heteroatoms. The maximum Gasteiger partial charge on any atom is 0.222 e. The third-order valence-electron chi connectivity index (χ3n) is 1.34. The van der Waals surface area contributed by atoms with Gasteiger partial charge in [-0.15, -0.1) is 0 Å². The van der Waals surface area contributed by atoms with Gasteiger partial charge in [-0.3, -0.25) is 4.79 Å². The average molecular weight is 201 g/mol. The molecule has 1 amide bonds. The Hall–Kier alpha value is -1.29. The lowest BCUT2D eigenvalue weighted by Gasteiger charge is -2.05. The van der Waals surface area contributed by atoms with Gasteiger partial charge in [-0.2, -0.15) is 0 Å². The molecule has 0 aromatic carbocycles. The predicted molar refractivity (Wildman–Crippen MR) is 50.1 cm³/mol. The number of carbonyl (C=O) groups is 1. The molecular formula is C8H9ClN2O2. The minimum atomic E-state index is -0.183. The molecule has 0 atom stereocenters. The van der Waals surface area contributed by atoms with Gasteiger partial charge >= 0.3 is 0 Å². The van der Waals surface area contributed by atoms with Gasteiger partial charge in [0, 0.05) is 13.0 Å². The van der Waals surface area contributed by atoms with Crippen molar-refractivity contribution in [3.63, 3.8) is 0 Å². The lowest BCUT2D eigenvalue weighted by molar-refractivity contribution is -0.114. The molecule has 0 bridgehead atoms. The highest BCUT2D eigenvalue weighted by atomic mass is 35.5. The molecule has 0 aliphatic heterocycles. The first-order chi connectivity index (χ1) is 6.13. The molecule has 1 aromatic rings. The second-order valence-corrected chi connectivity index (χ2v) is 2.79. The number of hydrogen-bond donors (Lipinski definition) is 1. The molecule has 0 unspecified atom stereocenters. The van der Waals surface area contributed by atoms with E-state index in [1.54, 1.807) is 6.07 Å². The number of carbonyl (C=O) groups excluding carboxylic acids is 1. The second kappa shape index (κ2) is 4.09. The fraction of sp³-hybridized carbons (Fsp3) is 0.250. The molecule has 0 spiro atoms. The molecular weight excluding hydrogens is 192 g/mol. The van der Waals surface area contributed by atoms with E-state index in [4.69, 9.17) is 16.3 Å². The van der Waals surface area contributed by atoms with Gasteiger partial charge in [0.1, 0.15) is 16.6 Å². The largest absolute Gasteiger partial charge is 0.495 e. The number of anilines is 1. The summed E-state index contributed by atoms with van der Waals surface area (Å²) in [5.41, 5.74) is 0. The van der Waals surface area contributed by atoms with Crippen LogP contribution in [0.25, 0.3) is 0 Å². The van der Waals surface area contributed by atoms with Crippen LogP contribution in [0, 0.1) is 0 Å². The fourth-order valence-corrected chi connectivity index (χ4v) is 1.01. The van der Waals surface area contributed by atoms with E-state index in [-0.39, 0.29) is 5.91 Å². The zero-order chi connectivity index (χ0) is 9.84. The maximum absolute atomic E-state index is 10.7. The SMILES string of the molecule is COc1cc(NC(C)=O)ncc1Cl. The lowest BCUT2D eigenvalue weighted by atomic mass is 10.4. The number of nitrogens with zero attached hydrogens (tertiary/aromatic N) is 1. The normalized spacial score (nSPS) is 9.46. The molecule has 1 N–H and O–H groups in total. The summed E-state index contributed by atoms with van der Waals surface area (Å²) < 4.78 is 4.94. The van der Waals surface area contributed by atoms with E-state index in [0.29, 0.717) is 16.6 Å². The van der Waals surface area contributed by atoms with Crippen molar-refractivity contribution < 1.29 is 9.53 Å². The average Bonchev–Trinajstić information content (AvgIpc) is 2.07. The molecule has 0 saturated heterocycles. The van der Waals surface area contributed by atoms with Crippen molar-refractivity contribution in [2.75, 3.05) is 12.4 Å². The van der Waals surface area contributed by atoms with Crippen molar-refractivity contribution >= 4 is 23.3 Å². The monoisotopic (exact) mass is 200 g/mol. The van der Waals surface area contributed by atoms with Crippen LogP contribution in [0.4, 0.5) is 5.82 Å². The summed E-state index contributed by atoms with van der Waals surface area (Å²) in [6.07, 6.45) is 1.42. The van der Waals surface area contributed by atoms with Gasteiger partial charge in [0.25, 0.3) is 0 Å². The van der Waals surface area contributed by atoms with E-state index >= 15 is 0 Å². The number of ether oxygens (including phenoxy) is 1. The summed E-state index contributed by atoms with van der Waals surface area (Å²) in [7, 11) is 1.50. The number of amides is 1. The van der Waals surface area contributed by atoms with Crippen molar-refractivity contribution in [2.45, 2.75) is 6.92 Å². The molecule has 70 valence electrons. The summed E-state index contributed by atoms with van der Waals surface area (Å²) in [5.74, 6) is 0.728. The van der Waals surface area contributed by atoms with Crippen LogP contribution in [0.15, 0.2) is 12.3 Å². The van der Waals surface area contributed by atoms with Crippen LogP contribution < -0.4 is 10.1 Å². The lowest BCUT2D eigenvalue weighted by Crippen LogP contribution is -2.07. The second-order valence-electron chi connectivity index (χ2n) is 2.39. The Morgan fingerprint density at radius 2 is 2.38 bits per heavy atom. The van der Waals surface area contributed by atoms with Crippen molar-refractivity contribution in [3.8, 4) is 5.75 Å². The quantitative estimate of drug-likeness (QED) is 0.791. The van der Waals surface area contributed by atoms with Gasteiger partial charge < -0.3 is 10.1 Å². The van der Waals surface area contributed by atoms with E-state index in [2.05, 4.69) is 10.3 Å². The van der Waals surface area contributed by atoms with Gasteiger partial charge in [0.05, 0.1) is 13.3 Å². The highest BCUT2D eigenvalue weighted by Gasteiger charge is 2.03. The van der Waals surface area contributed by atoms with E-state index in [0.717, 1.165) is 0 Å². The van der Waals surface area contributed by atoms with Crippen LogP contribution in [0.3, 0.4) is 0 Å². The number of rotatable bonds is 2. The number of pyridine rings is 1. The zero-order valence-electron chi connectivity index (χ0n) is 7.30. The van der Waals surface area contributed by atoms with Gasteiger partial charge in [-0.05, 0) is 0 Å². The molecule has 0 aliphatic carbocycles. The number of halogens is 1. The smallest absolute Gasteiger partial charge is 0.222 e. The fourth-order valence-electron chi connectivity index (χ4n) is 0.825. The van der Waals surface area contributed by atoms with Crippen LogP contribution in [0.5, 0.6) is 5.75 Å². The molecule has 13 heavy (non-hydrogen) atoms. The van der Waals surface area contributed by atoms with Gasteiger partial charge in [0.2, 0.25) is 5.91 Å². The highest BCUT2D eigenvalue weighted by Crippen LogP contribution is 2.24. The Morgan fingerprint density at radius 3 is 2.92 bits per heavy atom. The van der Waals surface area contributed by atoms with Crippen molar-refractivity contribution in [3.05, 3.63) is 17.3 Å². The third kappa shape index (κ3) is 2.59. The summed E-state index contributed by atoms with van der Waals surface area (Å²) in [5, 5.41) is 2.93. The number of aromatic nitrogens is 1. The summed E-state index contributed by atoms with van der Waals surface area (Å²) in [6, 6.07) is 1.56. The Bertz CT molecular complexity index is 328. The molecule has 0 aliphatic rings. The van der Waals surface area contributed by atoms with Gasteiger partial charge in [0.15, 0.2) is 0 Å². The van der Waals surface area contributed by atoms with Gasteiger partial charge in [-0.1, -0.05) is 11.6 Å².